The largest absolute Gasteiger partial charge is 0.389 e. The maximum atomic E-state index is 12.1. The Kier molecular flexibility index (Phi) is 5.47. The molecule has 0 fully saturated rings. The van der Waals surface area contributed by atoms with Crippen LogP contribution in [0, 0.1) is 6.92 Å². The Balaban J connectivity index is 2.63. The standard InChI is InChI=1S/C13H17ClF3N/c1-9-8-10(5-6-11(9)14)12(18-2)4-3-7-13(15,16)17/h5-6,8,12,18H,3-4,7H2,1-2H3. The van der Waals surface area contributed by atoms with Crippen LogP contribution in [0.3, 0.4) is 0 Å². The van der Waals surface area contributed by atoms with Crippen molar-refractivity contribution < 1.29 is 13.2 Å². The van der Waals surface area contributed by atoms with Crippen LogP contribution in [0.2, 0.25) is 5.02 Å². The summed E-state index contributed by atoms with van der Waals surface area (Å²) in [6.45, 7) is 1.88. The molecule has 0 radical (unpaired) electrons. The summed E-state index contributed by atoms with van der Waals surface area (Å²) in [5.41, 5.74) is 1.91. The van der Waals surface area contributed by atoms with Crippen molar-refractivity contribution in [2.24, 2.45) is 0 Å². The highest BCUT2D eigenvalue weighted by Gasteiger charge is 2.26. The lowest BCUT2D eigenvalue weighted by atomic mass is 9.99. The van der Waals surface area contributed by atoms with E-state index in [-0.39, 0.29) is 12.5 Å². The molecule has 102 valence electrons. The minimum Gasteiger partial charge on any atom is -0.313 e. The van der Waals surface area contributed by atoms with Crippen LogP contribution in [0.15, 0.2) is 18.2 Å². The Morgan fingerprint density at radius 2 is 2.00 bits per heavy atom. The lowest BCUT2D eigenvalue weighted by Crippen LogP contribution is -2.17. The van der Waals surface area contributed by atoms with E-state index in [0.717, 1.165) is 11.1 Å². The number of alkyl halides is 3. The second kappa shape index (κ2) is 6.43. The van der Waals surface area contributed by atoms with Gasteiger partial charge in [-0.15, -0.1) is 0 Å². The Morgan fingerprint density at radius 1 is 1.33 bits per heavy atom. The molecule has 0 aliphatic rings. The molecule has 1 aromatic carbocycles. The molecule has 0 heterocycles. The van der Waals surface area contributed by atoms with E-state index in [2.05, 4.69) is 5.32 Å². The molecule has 0 aliphatic carbocycles. The fraction of sp³-hybridized carbons (Fsp3) is 0.538. The summed E-state index contributed by atoms with van der Waals surface area (Å²) in [6.07, 6.45) is -4.24. The fourth-order valence-electron chi connectivity index (χ4n) is 1.87. The summed E-state index contributed by atoms with van der Waals surface area (Å²) in [7, 11) is 1.75. The molecule has 0 aliphatic heterocycles. The molecule has 0 saturated carbocycles. The van der Waals surface area contributed by atoms with Crippen molar-refractivity contribution in [3.8, 4) is 0 Å². The highest BCUT2D eigenvalue weighted by molar-refractivity contribution is 6.31. The molecular formula is C13H17ClF3N. The van der Waals surface area contributed by atoms with Gasteiger partial charge < -0.3 is 5.32 Å². The maximum absolute atomic E-state index is 12.1. The van der Waals surface area contributed by atoms with Gasteiger partial charge in [-0.05, 0) is 44.0 Å². The number of hydrogen-bond donors (Lipinski definition) is 1. The Labute approximate surface area is 110 Å². The van der Waals surface area contributed by atoms with Gasteiger partial charge in [0.2, 0.25) is 0 Å². The van der Waals surface area contributed by atoms with Gasteiger partial charge in [0.05, 0.1) is 0 Å². The molecule has 0 spiro atoms. The number of benzene rings is 1. The first-order valence-electron chi connectivity index (χ1n) is 5.83. The van der Waals surface area contributed by atoms with Gasteiger partial charge in [-0.3, -0.25) is 0 Å². The normalized spacial score (nSPS) is 13.7. The molecule has 1 rings (SSSR count). The molecule has 1 N–H and O–H groups in total. The van der Waals surface area contributed by atoms with Gasteiger partial charge in [0.1, 0.15) is 0 Å². The Morgan fingerprint density at radius 3 is 2.50 bits per heavy atom. The van der Waals surface area contributed by atoms with Crippen molar-refractivity contribution in [1.29, 1.82) is 0 Å². The topological polar surface area (TPSA) is 12.0 Å². The van der Waals surface area contributed by atoms with E-state index >= 15 is 0 Å². The monoisotopic (exact) mass is 279 g/mol. The van der Waals surface area contributed by atoms with Gasteiger partial charge in [0.15, 0.2) is 0 Å². The van der Waals surface area contributed by atoms with Gasteiger partial charge >= 0.3 is 6.18 Å². The summed E-state index contributed by atoms with van der Waals surface area (Å²) in [5.74, 6) is 0. The van der Waals surface area contributed by atoms with Crippen LogP contribution in [0.25, 0.3) is 0 Å². The van der Waals surface area contributed by atoms with E-state index < -0.39 is 12.6 Å². The summed E-state index contributed by atoms with van der Waals surface area (Å²) in [6, 6.07) is 5.48. The zero-order valence-corrected chi connectivity index (χ0v) is 11.2. The second-order valence-electron chi connectivity index (χ2n) is 4.36. The number of halogens is 4. The minimum atomic E-state index is -4.08. The molecule has 0 amide bonds. The predicted molar refractivity (Wildman–Crippen MR) is 67.9 cm³/mol. The first kappa shape index (κ1) is 15.3. The van der Waals surface area contributed by atoms with Gasteiger partial charge in [0.25, 0.3) is 0 Å². The van der Waals surface area contributed by atoms with Crippen molar-refractivity contribution in [1.82, 2.24) is 5.32 Å². The quantitative estimate of drug-likeness (QED) is 0.828. The molecule has 0 aromatic heterocycles. The summed E-state index contributed by atoms with van der Waals surface area (Å²) >= 11 is 5.92. The third kappa shape index (κ3) is 4.86. The lowest BCUT2D eigenvalue weighted by molar-refractivity contribution is -0.135. The van der Waals surface area contributed by atoms with E-state index in [0.29, 0.717) is 11.4 Å². The summed E-state index contributed by atoms with van der Waals surface area (Å²) in [5, 5.41) is 3.71. The van der Waals surface area contributed by atoms with Gasteiger partial charge in [0, 0.05) is 17.5 Å². The van der Waals surface area contributed by atoms with E-state index in [4.69, 9.17) is 11.6 Å². The van der Waals surface area contributed by atoms with Crippen molar-refractivity contribution >= 4 is 11.6 Å². The molecular weight excluding hydrogens is 263 g/mol. The zero-order valence-electron chi connectivity index (χ0n) is 10.4. The van der Waals surface area contributed by atoms with Crippen LogP contribution in [0.4, 0.5) is 13.2 Å². The minimum absolute atomic E-state index is 0.0664. The third-order valence-electron chi connectivity index (χ3n) is 2.89. The molecule has 5 heteroatoms. The van der Waals surface area contributed by atoms with Crippen molar-refractivity contribution in [3.63, 3.8) is 0 Å². The second-order valence-corrected chi connectivity index (χ2v) is 4.76. The molecule has 1 atom stereocenters. The van der Waals surface area contributed by atoms with Crippen LogP contribution in [-0.4, -0.2) is 13.2 Å². The van der Waals surface area contributed by atoms with Crippen LogP contribution < -0.4 is 5.32 Å². The van der Waals surface area contributed by atoms with Gasteiger partial charge in [-0.2, -0.15) is 13.2 Å². The molecule has 1 aromatic rings. The summed E-state index contributed by atoms with van der Waals surface area (Å²) < 4.78 is 36.3. The first-order valence-corrected chi connectivity index (χ1v) is 6.21. The fourth-order valence-corrected chi connectivity index (χ4v) is 1.99. The average molecular weight is 280 g/mol. The lowest BCUT2D eigenvalue weighted by Gasteiger charge is -2.18. The molecule has 18 heavy (non-hydrogen) atoms. The van der Waals surface area contributed by atoms with Crippen LogP contribution in [-0.2, 0) is 0 Å². The smallest absolute Gasteiger partial charge is 0.313 e. The van der Waals surface area contributed by atoms with E-state index in [1.807, 2.05) is 19.1 Å². The number of hydrogen-bond acceptors (Lipinski definition) is 1. The molecule has 1 nitrogen and oxygen atoms in total. The molecule has 0 saturated heterocycles. The maximum Gasteiger partial charge on any atom is 0.389 e. The number of nitrogens with one attached hydrogen (secondary N) is 1. The Hall–Kier alpha value is -0.740. The van der Waals surface area contributed by atoms with Crippen molar-refractivity contribution in [3.05, 3.63) is 34.3 Å². The van der Waals surface area contributed by atoms with E-state index in [1.165, 1.54) is 0 Å². The zero-order chi connectivity index (χ0) is 13.8. The number of aryl methyl sites for hydroxylation is 1. The van der Waals surface area contributed by atoms with Gasteiger partial charge in [-0.1, -0.05) is 23.7 Å². The highest BCUT2D eigenvalue weighted by Crippen LogP contribution is 2.27. The SMILES string of the molecule is CNC(CCCC(F)(F)F)c1ccc(Cl)c(C)c1. The van der Waals surface area contributed by atoms with Crippen LogP contribution >= 0.6 is 11.6 Å². The Bertz CT molecular complexity index is 390. The summed E-state index contributed by atoms with van der Waals surface area (Å²) in [4.78, 5) is 0. The van der Waals surface area contributed by atoms with Crippen LogP contribution in [0.5, 0.6) is 0 Å². The van der Waals surface area contributed by atoms with Gasteiger partial charge in [-0.25, -0.2) is 0 Å². The highest BCUT2D eigenvalue weighted by atomic mass is 35.5. The third-order valence-corrected chi connectivity index (χ3v) is 3.31. The van der Waals surface area contributed by atoms with Crippen molar-refractivity contribution in [2.45, 2.75) is 38.4 Å². The first-order chi connectivity index (χ1) is 8.33. The molecule has 0 bridgehead atoms. The predicted octanol–water partition coefficient (Wildman–Crippen LogP) is 4.64. The van der Waals surface area contributed by atoms with Crippen molar-refractivity contribution in [2.75, 3.05) is 7.05 Å². The molecule has 1 unspecified atom stereocenters. The van der Waals surface area contributed by atoms with E-state index in [9.17, 15) is 13.2 Å². The van der Waals surface area contributed by atoms with Crippen LogP contribution in [0.1, 0.15) is 36.4 Å². The van der Waals surface area contributed by atoms with E-state index in [1.54, 1.807) is 13.1 Å². The number of rotatable bonds is 5. The average Bonchev–Trinajstić information content (AvgIpc) is 2.27.